The summed E-state index contributed by atoms with van der Waals surface area (Å²) in [6.07, 6.45) is 3.31. The summed E-state index contributed by atoms with van der Waals surface area (Å²) in [4.78, 5) is 0. The molecule has 1 aromatic carbocycles. The van der Waals surface area contributed by atoms with Crippen LogP contribution in [0.4, 0.5) is 0 Å². The maximum absolute atomic E-state index is 6.03. The van der Waals surface area contributed by atoms with Gasteiger partial charge in [-0.3, -0.25) is 0 Å². The molecule has 1 heterocycles. The van der Waals surface area contributed by atoms with Gasteiger partial charge in [0, 0.05) is 30.7 Å². The smallest absolute Gasteiger partial charge is 0.0480 e. The molecule has 2 N–H and O–H groups in total. The van der Waals surface area contributed by atoms with Crippen LogP contribution in [0.15, 0.2) is 30.5 Å². The number of aryl methyl sites for hydroxylation is 1. The van der Waals surface area contributed by atoms with E-state index in [-0.39, 0.29) is 5.41 Å². The van der Waals surface area contributed by atoms with Crippen LogP contribution >= 0.6 is 0 Å². The largest absolute Gasteiger partial charge is 0.351 e. The molecule has 90 valence electrons. The molecule has 1 atom stereocenters. The lowest BCUT2D eigenvalue weighted by molar-refractivity contribution is 0.503. The van der Waals surface area contributed by atoms with Crippen molar-refractivity contribution in [3.8, 4) is 0 Å². The van der Waals surface area contributed by atoms with E-state index >= 15 is 0 Å². The van der Waals surface area contributed by atoms with Crippen LogP contribution in [-0.4, -0.2) is 11.1 Å². The average Bonchev–Trinajstić information content (AvgIpc) is 2.69. The summed E-state index contributed by atoms with van der Waals surface area (Å²) < 4.78 is 2.18. The Morgan fingerprint density at radius 1 is 1.29 bits per heavy atom. The fourth-order valence-corrected chi connectivity index (χ4v) is 3.23. The number of aromatic nitrogens is 1. The van der Waals surface area contributed by atoms with E-state index in [1.807, 2.05) is 0 Å². The second kappa shape index (κ2) is 3.14. The van der Waals surface area contributed by atoms with E-state index in [1.54, 1.807) is 0 Å². The maximum Gasteiger partial charge on any atom is 0.0480 e. The van der Waals surface area contributed by atoms with E-state index in [9.17, 15) is 0 Å². The van der Waals surface area contributed by atoms with Crippen LogP contribution in [0.3, 0.4) is 0 Å². The lowest BCUT2D eigenvalue weighted by Gasteiger charge is -2.19. The van der Waals surface area contributed by atoms with Crippen LogP contribution in [0.2, 0.25) is 0 Å². The van der Waals surface area contributed by atoms with Gasteiger partial charge in [0.25, 0.3) is 0 Å². The van der Waals surface area contributed by atoms with Gasteiger partial charge in [0.1, 0.15) is 0 Å². The Morgan fingerprint density at radius 3 is 2.59 bits per heavy atom. The highest BCUT2D eigenvalue weighted by molar-refractivity contribution is 5.81. The molecule has 17 heavy (non-hydrogen) atoms. The van der Waals surface area contributed by atoms with Crippen molar-refractivity contribution in [3.05, 3.63) is 36.0 Å². The summed E-state index contributed by atoms with van der Waals surface area (Å²) in [5.41, 5.74) is 9.28. The van der Waals surface area contributed by atoms with Gasteiger partial charge in [0.05, 0.1) is 0 Å². The highest BCUT2D eigenvalue weighted by Gasteiger charge is 2.60. The standard InChI is InChI=1S/C15H20N2/c1-14(2)9-15(14,10-16)12-5-4-11-6-7-17(3)13(11)8-12/h4-8H,9-10,16H2,1-3H3. The van der Waals surface area contributed by atoms with E-state index < -0.39 is 0 Å². The first-order valence-electron chi connectivity index (χ1n) is 6.26. The van der Waals surface area contributed by atoms with Crippen molar-refractivity contribution >= 4 is 10.9 Å². The van der Waals surface area contributed by atoms with Crippen molar-refractivity contribution in [1.29, 1.82) is 0 Å². The minimum Gasteiger partial charge on any atom is -0.351 e. The van der Waals surface area contributed by atoms with Crippen molar-refractivity contribution in [2.75, 3.05) is 6.54 Å². The highest BCUT2D eigenvalue weighted by atomic mass is 14.9. The first kappa shape index (κ1) is 10.8. The topological polar surface area (TPSA) is 30.9 Å². The third-order valence-electron chi connectivity index (χ3n) is 4.70. The third kappa shape index (κ3) is 1.31. The first-order valence-corrected chi connectivity index (χ1v) is 6.26. The lowest BCUT2D eigenvalue weighted by atomic mass is 9.87. The molecular weight excluding hydrogens is 208 g/mol. The quantitative estimate of drug-likeness (QED) is 0.842. The van der Waals surface area contributed by atoms with E-state index in [0.29, 0.717) is 5.41 Å². The van der Waals surface area contributed by atoms with Gasteiger partial charge in [-0.05, 0) is 34.9 Å². The molecule has 0 saturated heterocycles. The summed E-state index contributed by atoms with van der Waals surface area (Å²) >= 11 is 0. The maximum atomic E-state index is 6.03. The molecule has 2 heteroatoms. The molecule has 1 aliphatic carbocycles. The second-order valence-corrected chi connectivity index (χ2v) is 6.05. The number of hydrogen-bond donors (Lipinski definition) is 1. The van der Waals surface area contributed by atoms with E-state index in [4.69, 9.17) is 5.73 Å². The van der Waals surface area contributed by atoms with Crippen molar-refractivity contribution in [3.63, 3.8) is 0 Å². The molecule has 0 bridgehead atoms. The van der Waals surface area contributed by atoms with Gasteiger partial charge >= 0.3 is 0 Å². The van der Waals surface area contributed by atoms with Gasteiger partial charge in [-0.1, -0.05) is 26.0 Å². The number of fused-ring (bicyclic) bond motifs is 1. The van der Waals surface area contributed by atoms with Crippen LogP contribution in [0.25, 0.3) is 10.9 Å². The molecular formula is C15H20N2. The van der Waals surface area contributed by atoms with Crippen molar-refractivity contribution < 1.29 is 0 Å². The van der Waals surface area contributed by atoms with Gasteiger partial charge in [0.15, 0.2) is 0 Å². The summed E-state index contributed by atoms with van der Waals surface area (Å²) in [5, 5.41) is 1.31. The van der Waals surface area contributed by atoms with Gasteiger partial charge in [-0.25, -0.2) is 0 Å². The summed E-state index contributed by atoms with van der Waals surface area (Å²) in [6.45, 7) is 5.38. The molecule has 1 aromatic heterocycles. The third-order valence-corrected chi connectivity index (χ3v) is 4.70. The molecule has 1 saturated carbocycles. The molecule has 0 amide bonds. The second-order valence-electron chi connectivity index (χ2n) is 6.05. The number of nitrogens with zero attached hydrogens (tertiary/aromatic N) is 1. The zero-order valence-corrected chi connectivity index (χ0v) is 10.8. The number of hydrogen-bond acceptors (Lipinski definition) is 1. The van der Waals surface area contributed by atoms with Crippen molar-refractivity contribution in [2.24, 2.45) is 18.2 Å². The fraction of sp³-hybridized carbons (Fsp3) is 0.467. The van der Waals surface area contributed by atoms with Crippen molar-refractivity contribution in [2.45, 2.75) is 25.7 Å². The van der Waals surface area contributed by atoms with E-state index in [2.05, 4.69) is 55.9 Å². The SMILES string of the molecule is Cn1ccc2ccc(C3(CN)CC3(C)C)cc21. The molecule has 1 fully saturated rings. The predicted molar refractivity (Wildman–Crippen MR) is 72.0 cm³/mol. The molecule has 0 radical (unpaired) electrons. The Hall–Kier alpha value is -1.28. The number of nitrogens with two attached hydrogens (primary N) is 1. The molecule has 2 nitrogen and oxygen atoms in total. The molecule has 1 aliphatic rings. The van der Waals surface area contributed by atoms with Crippen LogP contribution < -0.4 is 5.73 Å². The Labute approximate surface area is 102 Å². The monoisotopic (exact) mass is 228 g/mol. The summed E-state index contributed by atoms with van der Waals surface area (Å²) in [5.74, 6) is 0. The molecule has 2 aromatic rings. The molecule has 0 spiro atoms. The lowest BCUT2D eigenvalue weighted by Crippen LogP contribution is -2.25. The van der Waals surface area contributed by atoms with E-state index in [0.717, 1.165) is 6.54 Å². The Balaban J connectivity index is 2.15. The fourth-order valence-electron chi connectivity index (χ4n) is 3.23. The number of benzene rings is 1. The molecule has 1 unspecified atom stereocenters. The van der Waals surface area contributed by atoms with Crippen LogP contribution in [-0.2, 0) is 12.5 Å². The van der Waals surface area contributed by atoms with E-state index in [1.165, 1.54) is 22.9 Å². The Morgan fingerprint density at radius 2 is 2.00 bits per heavy atom. The van der Waals surface area contributed by atoms with Crippen molar-refractivity contribution in [1.82, 2.24) is 4.57 Å². The normalized spacial score (nSPS) is 26.4. The highest BCUT2D eigenvalue weighted by Crippen LogP contribution is 2.63. The molecule has 0 aliphatic heterocycles. The minimum absolute atomic E-state index is 0.200. The Kier molecular flexibility index (Phi) is 2.00. The summed E-state index contributed by atoms with van der Waals surface area (Å²) in [6, 6.07) is 8.95. The predicted octanol–water partition coefficient (Wildman–Crippen LogP) is 2.80. The van der Waals surface area contributed by atoms with Crippen LogP contribution in [0.5, 0.6) is 0 Å². The zero-order valence-electron chi connectivity index (χ0n) is 10.8. The zero-order chi connectivity index (χ0) is 12.3. The van der Waals surface area contributed by atoms with Gasteiger partial charge < -0.3 is 10.3 Å². The minimum atomic E-state index is 0.200. The molecule has 3 rings (SSSR count). The van der Waals surface area contributed by atoms with Crippen LogP contribution in [0, 0.1) is 5.41 Å². The number of rotatable bonds is 2. The van der Waals surface area contributed by atoms with Crippen LogP contribution in [0.1, 0.15) is 25.8 Å². The average molecular weight is 228 g/mol. The van der Waals surface area contributed by atoms with Gasteiger partial charge in [-0.2, -0.15) is 0 Å². The first-order chi connectivity index (χ1) is 8.00. The summed E-state index contributed by atoms with van der Waals surface area (Å²) in [7, 11) is 2.10. The van der Waals surface area contributed by atoms with Gasteiger partial charge in [-0.15, -0.1) is 0 Å². The Bertz CT molecular complexity index is 580. The van der Waals surface area contributed by atoms with Gasteiger partial charge in [0.2, 0.25) is 0 Å².